The molecule has 1 atom stereocenters. The molecule has 0 aromatic rings. The summed E-state index contributed by atoms with van der Waals surface area (Å²) in [5, 5.41) is 10.3. The van der Waals surface area contributed by atoms with E-state index in [0.29, 0.717) is 6.04 Å². The van der Waals surface area contributed by atoms with E-state index in [4.69, 9.17) is 0 Å². The van der Waals surface area contributed by atoms with Gasteiger partial charge in [0.2, 0.25) is 0 Å². The molecule has 3 heteroatoms. The van der Waals surface area contributed by atoms with Crippen LogP contribution in [0.4, 0.5) is 0 Å². The van der Waals surface area contributed by atoms with Gasteiger partial charge in [0.15, 0.2) is 0 Å². The van der Waals surface area contributed by atoms with Crippen molar-refractivity contribution in [1.82, 2.24) is 4.90 Å². The van der Waals surface area contributed by atoms with Gasteiger partial charge in [-0.1, -0.05) is 13.8 Å². The van der Waals surface area contributed by atoms with E-state index in [1.165, 1.54) is 11.5 Å². The van der Waals surface area contributed by atoms with E-state index in [2.05, 4.69) is 25.7 Å². The molecule has 2 nitrogen and oxygen atoms in total. The van der Waals surface area contributed by atoms with Gasteiger partial charge in [0.1, 0.15) is 0 Å². The first-order chi connectivity index (χ1) is 6.61. The maximum atomic E-state index is 10.3. The largest absolute Gasteiger partial charge is 0.389 e. The van der Waals surface area contributed by atoms with Crippen molar-refractivity contribution >= 4 is 11.8 Å². The Kier molecular flexibility index (Phi) is 4.74. The summed E-state index contributed by atoms with van der Waals surface area (Å²) in [7, 11) is 0. The highest BCUT2D eigenvalue weighted by molar-refractivity contribution is 7.99. The quantitative estimate of drug-likeness (QED) is 0.779. The minimum Gasteiger partial charge on any atom is -0.389 e. The third-order valence-corrected chi connectivity index (χ3v) is 4.51. The lowest BCUT2D eigenvalue weighted by atomic mass is 9.96. The summed E-state index contributed by atoms with van der Waals surface area (Å²) in [6, 6.07) is 0.623. The van der Waals surface area contributed by atoms with Crippen molar-refractivity contribution in [3.05, 3.63) is 0 Å². The van der Waals surface area contributed by atoms with Gasteiger partial charge in [-0.05, 0) is 19.8 Å². The summed E-state index contributed by atoms with van der Waals surface area (Å²) >= 11 is 2.02. The predicted molar refractivity (Wildman–Crippen MR) is 63.9 cm³/mol. The fraction of sp³-hybridized carbons (Fsp3) is 1.00. The van der Waals surface area contributed by atoms with Crippen LogP contribution < -0.4 is 0 Å². The Hall–Kier alpha value is 0.270. The number of β-amino-alcohol motifs (C(OH)–C–C–N with tert-alkyl or cyclic N) is 1. The molecule has 1 heterocycles. The van der Waals surface area contributed by atoms with Crippen LogP contribution in [0.15, 0.2) is 0 Å². The molecule has 0 aromatic carbocycles. The molecule has 0 saturated carbocycles. The molecule has 1 aliphatic heterocycles. The highest BCUT2D eigenvalue weighted by atomic mass is 32.2. The molecule has 14 heavy (non-hydrogen) atoms. The highest BCUT2D eigenvalue weighted by Gasteiger charge is 2.29. The maximum absolute atomic E-state index is 10.3. The van der Waals surface area contributed by atoms with E-state index in [-0.39, 0.29) is 0 Å². The maximum Gasteiger partial charge on any atom is 0.0769 e. The summed E-state index contributed by atoms with van der Waals surface area (Å²) in [6.07, 6.45) is 1.72. The fourth-order valence-corrected chi connectivity index (χ4v) is 2.93. The van der Waals surface area contributed by atoms with E-state index < -0.39 is 5.60 Å². The lowest BCUT2D eigenvalue weighted by Crippen LogP contribution is -2.49. The molecule has 84 valence electrons. The van der Waals surface area contributed by atoms with Gasteiger partial charge in [-0.3, -0.25) is 4.90 Å². The topological polar surface area (TPSA) is 23.5 Å². The summed E-state index contributed by atoms with van der Waals surface area (Å²) in [5.41, 5.74) is -0.462. The zero-order valence-electron chi connectivity index (χ0n) is 9.62. The second-order valence-corrected chi connectivity index (χ2v) is 5.48. The van der Waals surface area contributed by atoms with Crippen LogP contribution in [0.25, 0.3) is 0 Å². The third-order valence-electron chi connectivity index (χ3n) is 3.32. The summed E-state index contributed by atoms with van der Waals surface area (Å²) < 4.78 is 0. The minimum atomic E-state index is -0.462. The SMILES string of the molecule is CCC(O)(CC)CN1CCSCC1C. The van der Waals surface area contributed by atoms with Crippen molar-refractivity contribution < 1.29 is 5.11 Å². The van der Waals surface area contributed by atoms with Gasteiger partial charge >= 0.3 is 0 Å². The van der Waals surface area contributed by atoms with Crippen molar-refractivity contribution in [2.45, 2.75) is 45.3 Å². The number of hydrogen-bond donors (Lipinski definition) is 1. The van der Waals surface area contributed by atoms with E-state index in [0.717, 1.165) is 25.9 Å². The smallest absolute Gasteiger partial charge is 0.0769 e. The minimum absolute atomic E-state index is 0.462. The van der Waals surface area contributed by atoms with Crippen LogP contribution in [0.3, 0.4) is 0 Å². The van der Waals surface area contributed by atoms with Crippen LogP contribution in [-0.4, -0.2) is 46.2 Å². The molecule has 1 N–H and O–H groups in total. The zero-order valence-corrected chi connectivity index (χ0v) is 10.4. The van der Waals surface area contributed by atoms with Gasteiger partial charge in [0.25, 0.3) is 0 Å². The van der Waals surface area contributed by atoms with Crippen molar-refractivity contribution in [3.8, 4) is 0 Å². The Morgan fingerprint density at radius 3 is 2.57 bits per heavy atom. The van der Waals surface area contributed by atoms with E-state index >= 15 is 0 Å². The average Bonchev–Trinajstić information content (AvgIpc) is 2.21. The summed E-state index contributed by atoms with van der Waals surface area (Å²) in [5.74, 6) is 2.43. The number of thioether (sulfide) groups is 1. The van der Waals surface area contributed by atoms with Crippen LogP contribution >= 0.6 is 11.8 Å². The standard InChI is InChI=1S/C11H23NOS/c1-4-11(13,5-2)9-12-6-7-14-8-10(12)3/h10,13H,4-9H2,1-3H3. The molecule has 0 spiro atoms. The van der Waals surface area contributed by atoms with Crippen molar-refractivity contribution in [2.75, 3.05) is 24.6 Å². The van der Waals surface area contributed by atoms with Crippen LogP contribution in [0.1, 0.15) is 33.6 Å². The lowest BCUT2D eigenvalue weighted by Gasteiger charge is -2.39. The highest BCUT2D eigenvalue weighted by Crippen LogP contribution is 2.22. The molecular weight excluding hydrogens is 194 g/mol. The first kappa shape index (κ1) is 12.3. The Morgan fingerprint density at radius 1 is 1.43 bits per heavy atom. The van der Waals surface area contributed by atoms with Gasteiger partial charge in [0.05, 0.1) is 5.60 Å². The van der Waals surface area contributed by atoms with Crippen LogP contribution in [0.2, 0.25) is 0 Å². The second kappa shape index (κ2) is 5.38. The van der Waals surface area contributed by atoms with Crippen molar-refractivity contribution in [2.24, 2.45) is 0 Å². The van der Waals surface area contributed by atoms with Gasteiger partial charge in [0, 0.05) is 30.6 Å². The van der Waals surface area contributed by atoms with Crippen LogP contribution in [0, 0.1) is 0 Å². The Bertz CT molecular complexity index is 171. The van der Waals surface area contributed by atoms with Crippen LogP contribution in [-0.2, 0) is 0 Å². The number of nitrogens with zero attached hydrogens (tertiary/aromatic N) is 1. The first-order valence-electron chi connectivity index (χ1n) is 5.65. The van der Waals surface area contributed by atoms with Gasteiger partial charge in [-0.25, -0.2) is 0 Å². The van der Waals surface area contributed by atoms with Gasteiger partial charge in [-0.2, -0.15) is 11.8 Å². The summed E-state index contributed by atoms with van der Waals surface area (Å²) in [4.78, 5) is 2.43. The third kappa shape index (κ3) is 3.14. The van der Waals surface area contributed by atoms with Crippen LogP contribution in [0.5, 0.6) is 0 Å². The molecule has 1 unspecified atom stereocenters. The molecule has 1 rings (SSSR count). The number of hydrogen-bond acceptors (Lipinski definition) is 3. The molecular formula is C11H23NOS. The molecule has 0 aliphatic carbocycles. The van der Waals surface area contributed by atoms with E-state index in [1.807, 2.05) is 11.8 Å². The second-order valence-electron chi connectivity index (χ2n) is 4.33. The molecule has 0 radical (unpaired) electrons. The average molecular weight is 217 g/mol. The fourth-order valence-electron chi connectivity index (χ4n) is 1.85. The van der Waals surface area contributed by atoms with E-state index in [1.54, 1.807) is 0 Å². The van der Waals surface area contributed by atoms with Gasteiger partial charge in [-0.15, -0.1) is 0 Å². The van der Waals surface area contributed by atoms with E-state index in [9.17, 15) is 5.11 Å². The molecule has 0 bridgehead atoms. The Balaban J connectivity index is 2.48. The lowest BCUT2D eigenvalue weighted by molar-refractivity contribution is -0.00990. The number of rotatable bonds is 4. The monoisotopic (exact) mass is 217 g/mol. The normalized spacial score (nSPS) is 25.3. The Morgan fingerprint density at radius 2 is 2.07 bits per heavy atom. The Labute approximate surface area is 92.1 Å². The zero-order chi connectivity index (χ0) is 10.6. The first-order valence-corrected chi connectivity index (χ1v) is 6.81. The molecule has 1 fully saturated rings. The summed E-state index contributed by atoms with van der Waals surface area (Å²) in [6.45, 7) is 8.40. The van der Waals surface area contributed by atoms with Crippen molar-refractivity contribution in [3.63, 3.8) is 0 Å². The van der Waals surface area contributed by atoms with Crippen molar-refractivity contribution in [1.29, 1.82) is 0 Å². The molecule has 0 aromatic heterocycles. The molecule has 1 saturated heterocycles. The van der Waals surface area contributed by atoms with Gasteiger partial charge < -0.3 is 5.11 Å². The molecule has 0 amide bonds. The predicted octanol–water partition coefficient (Wildman–Crippen LogP) is 1.97. The number of aliphatic hydroxyl groups is 1. The molecule has 1 aliphatic rings.